The molecule has 3 aromatic heterocycles. The Bertz CT molecular complexity index is 1150. The molecule has 4 rings (SSSR count). The smallest absolute Gasteiger partial charge is 0.213 e. The van der Waals surface area contributed by atoms with Crippen LogP contribution in [0.3, 0.4) is 0 Å². The molecular weight excluding hydrogens is 370 g/mol. The van der Waals surface area contributed by atoms with Gasteiger partial charge in [0.05, 0.1) is 30.1 Å². The van der Waals surface area contributed by atoms with Crippen LogP contribution in [0, 0.1) is 11.3 Å². The molecule has 0 radical (unpaired) electrons. The number of hydrogen-bond acceptors (Lipinski definition) is 7. The maximum Gasteiger partial charge on any atom is 0.213 e. The Morgan fingerprint density at radius 1 is 1.37 bits per heavy atom. The molecule has 140 valence electrons. The van der Waals surface area contributed by atoms with Crippen LogP contribution in [0.2, 0.25) is 0 Å². The summed E-state index contributed by atoms with van der Waals surface area (Å²) in [6.45, 7) is 2.02. The molecule has 10 nitrogen and oxygen atoms in total. The average Bonchev–Trinajstić information content (AvgIpc) is 3.25. The van der Waals surface area contributed by atoms with Gasteiger partial charge in [0.1, 0.15) is 11.9 Å². The zero-order valence-electron chi connectivity index (χ0n) is 14.5. The summed E-state index contributed by atoms with van der Waals surface area (Å²) in [6.07, 6.45) is 6.35. The van der Waals surface area contributed by atoms with E-state index >= 15 is 0 Å². The molecule has 11 heteroatoms. The number of rotatable bonds is 5. The van der Waals surface area contributed by atoms with Crippen LogP contribution in [0.15, 0.2) is 31.0 Å². The van der Waals surface area contributed by atoms with Crippen LogP contribution in [0.4, 0.5) is 0 Å². The SMILES string of the molecule is CCS(=O)(=O)N1CC(CC#N)(n2cc(-c3ncnc4c3ccn4O)cn2)C1. The summed E-state index contributed by atoms with van der Waals surface area (Å²) in [4.78, 5) is 8.33. The van der Waals surface area contributed by atoms with Crippen molar-refractivity contribution >= 4 is 21.1 Å². The van der Waals surface area contributed by atoms with Gasteiger partial charge < -0.3 is 5.21 Å². The van der Waals surface area contributed by atoms with Crippen LogP contribution in [0.1, 0.15) is 13.3 Å². The van der Waals surface area contributed by atoms with E-state index in [-0.39, 0.29) is 25.3 Å². The van der Waals surface area contributed by atoms with Gasteiger partial charge in [0.15, 0.2) is 5.65 Å². The van der Waals surface area contributed by atoms with Crippen molar-refractivity contribution in [2.75, 3.05) is 18.8 Å². The molecule has 1 saturated heterocycles. The van der Waals surface area contributed by atoms with Crippen LogP contribution in [-0.4, -0.2) is 61.3 Å². The first kappa shape index (κ1) is 17.4. The zero-order valence-corrected chi connectivity index (χ0v) is 15.3. The lowest BCUT2D eigenvalue weighted by atomic mass is 9.89. The van der Waals surface area contributed by atoms with Gasteiger partial charge in [-0.05, 0) is 13.0 Å². The standard InChI is InChI=1S/C16H17N7O3S/c1-2-27(25,26)21-9-16(10-21,4-5-17)23-8-12(7-20-23)14-13-3-6-22(24)15(13)19-11-18-14/h3,6-8,11,24H,2,4,9-10H2,1H3. The number of nitrogens with zero attached hydrogens (tertiary/aromatic N) is 7. The second-order valence-electron chi connectivity index (χ2n) is 6.52. The molecule has 1 aliphatic heterocycles. The minimum Gasteiger partial charge on any atom is -0.427 e. The van der Waals surface area contributed by atoms with Crippen LogP contribution in [0.5, 0.6) is 0 Å². The molecule has 1 fully saturated rings. The highest BCUT2D eigenvalue weighted by molar-refractivity contribution is 7.89. The van der Waals surface area contributed by atoms with Crippen LogP contribution < -0.4 is 0 Å². The molecule has 27 heavy (non-hydrogen) atoms. The lowest BCUT2D eigenvalue weighted by Gasteiger charge is -2.47. The maximum atomic E-state index is 12.1. The topological polar surface area (TPSA) is 130 Å². The third-order valence-electron chi connectivity index (χ3n) is 4.91. The van der Waals surface area contributed by atoms with Gasteiger partial charge in [-0.15, -0.1) is 0 Å². The predicted molar refractivity (Wildman–Crippen MR) is 95.2 cm³/mol. The first-order valence-corrected chi connectivity index (χ1v) is 9.93. The summed E-state index contributed by atoms with van der Waals surface area (Å²) < 4.78 is 28.0. The number of hydrogen-bond donors (Lipinski definition) is 1. The normalized spacial score (nSPS) is 16.9. The van der Waals surface area contributed by atoms with E-state index in [0.29, 0.717) is 22.3 Å². The molecule has 1 aliphatic rings. The number of fused-ring (bicyclic) bond motifs is 1. The van der Waals surface area contributed by atoms with E-state index < -0.39 is 15.6 Å². The molecule has 0 atom stereocenters. The molecule has 3 aromatic rings. The molecule has 0 spiro atoms. The van der Waals surface area contributed by atoms with E-state index in [0.717, 1.165) is 4.73 Å². The fourth-order valence-electron chi connectivity index (χ4n) is 3.35. The zero-order chi connectivity index (χ0) is 19.2. The van der Waals surface area contributed by atoms with Crippen molar-refractivity contribution in [1.29, 1.82) is 5.26 Å². The van der Waals surface area contributed by atoms with Gasteiger partial charge in [-0.3, -0.25) is 4.68 Å². The van der Waals surface area contributed by atoms with Crippen LogP contribution >= 0.6 is 0 Å². The quantitative estimate of drug-likeness (QED) is 0.641. The first-order valence-electron chi connectivity index (χ1n) is 8.32. The average molecular weight is 387 g/mol. The number of sulfonamides is 1. The molecule has 4 heterocycles. The third-order valence-corrected chi connectivity index (χ3v) is 6.69. The van der Waals surface area contributed by atoms with Gasteiger partial charge in [0.25, 0.3) is 0 Å². The Hall–Kier alpha value is -2.97. The van der Waals surface area contributed by atoms with E-state index in [9.17, 15) is 18.9 Å². The van der Waals surface area contributed by atoms with E-state index in [1.807, 2.05) is 0 Å². The highest BCUT2D eigenvalue weighted by atomic mass is 32.2. The minimum absolute atomic E-state index is 0.0249. The second-order valence-corrected chi connectivity index (χ2v) is 8.78. The van der Waals surface area contributed by atoms with Crippen LogP contribution in [0.25, 0.3) is 22.3 Å². The summed E-state index contributed by atoms with van der Waals surface area (Å²) >= 11 is 0. The van der Waals surface area contributed by atoms with E-state index in [1.54, 1.807) is 30.1 Å². The maximum absolute atomic E-state index is 12.1. The van der Waals surface area contributed by atoms with Crippen molar-refractivity contribution in [3.05, 3.63) is 31.0 Å². The van der Waals surface area contributed by atoms with Crippen LogP contribution in [-0.2, 0) is 15.6 Å². The molecule has 0 aliphatic carbocycles. The summed E-state index contributed by atoms with van der Waals surface area (Å²) in [5.41, 5.74) is 0.985. The minimum atomic E-state index is -3.30. The fourth-order valence-corrected chi connectivity index (χ4v) is 4.59. The van der Waals surface area contributed by atoms with Gasteiger partial charge in [0, 0.05) is 36.4 Å². The summed E-state index contributed by atoms with van der Waals surface area (Å²) in [5, 5.41) is 24.0. The Labute approximate surface area is 155 Å². The molecular formula is C16H17N7O3S. The summed E-state index contributed by atoms with van der Waals surface area (Å²) in [5.74, 6) is 0.0249. The van der Waals surface area contributed by atoms with Gasteiger partial charge in [-0.2, -0.15) is 19.4 Å². The molecule has 0 unspecified atom stereocenters. The monoisotopic (exact) mass is 387 g/mol. The predicted octanol–water partition coefficient (Wildman–Crippen LogP) is 0.806. The molecule has 0 bridgehead atoms. The Morgan fingerprint density at radius 3 is 2.85 bits per heavy atom. The number of aromatic nitrogens is 5. The van der Waals surface area contributed by atoms with Gasteiger partial charge in [0.2, 0.25) is 10.0 Å². The van der Waals surface area contributed by atoms with Gasteiger partial charge in [-0.25, -0.2) is 18.4 Å². The Morgan fingerprint density at radius 2 is 2.15 bits per heavy atom. The summed E-state index contributed by atoms with van der Waals surface area (Å²) in [7, 11) is -3.30. The molecule has 0 amide bonds. The van der Waals surface area contributed by atoms with Crippen molar-refractivity contribution in [3.8, 4) is 17.3 Å². The lowest BCUT2D eigenvalue weighted by Crippen LogP contribution is -2.64. The van der Waals surface area contributed by atoms with E-state index in [4.69, 9.17) is 0 Å². The molecule has 0 aromatic carbocycles. The van der Waals surface area contributed by atoms with Gasteiger partial charge in [-0.1, -0.05) is 0 Å². The first-order chi connectivity index (χ1) is 12.9. The Balaban J connectivity index is 1.70. The van der Waals surface area contributed by atoms with E-state index in [2.05, 4.69) is 21.1 Å². The Kier molecular flexibility index (Phi) is 3.90. The largest absolute Gasteiger partial charge is 0.427 e. The fraction of sp³-hybridized carbons (Fsp3) is 0.375. The van der Waals surface area contributed by atoms with Gasteiger partial charge >= 0.3 is 0 Å². The van der Waals surface area contributed by atoms with Crippen molar-refractivity contribution in [2.45, 2.75) is 18.9 Å². The van der Waals surface area contributed by atoms with Crippen molar-refractivity contribution < 1.29 is 13.6 Å². The highest BCUT2D eigenvalue weighted by Crippen LogP contribution is 2.35. The van der Waals surface area contributed by atoms with Crippen molar-refractivity contribution in [2.24, 2.45) is 0 Å². The summed E-state index contributed by atoms with van der Waals surface area (Å²) in [6, 6.07) is 3.84. The second kappa shape index (κ2) is 6.04. The van der Waals surface area contributed by atoms with Crippen molar-refractivity contribution in [3.63, 3.8) is 0 Å². The van der Waals surface area contributed by atoms with E-state index in [1.165, 1.54) is 16.8 Å². The molecule has 1 N–H and O–H groups in total. The highest BCUT2D eigenvalue weighted by Gasteiger charge is 2.49. The number of nitriles is 1. The lowest BCUT2D eigenvalue weighted by molar-refractivity contribution is 0.0719. The molecule has 0 saturated carbocycles. The third kappa shape index (κ3) is 2.65. The van der Waals surface area contributed by atoms with Crippen molar-refractivity contribution in [1.82, 2.24) is 28.8 Å².